The third-order valence-corrected chi connectivity index (χ3v) is 8.27. The molecule has 0 saturated heterocycles. The summed E-state index contributed by atoms with van der Waals surface area (Å²) in [4.78, 5) is 44.2. The molecular formula is C31H39ClN6O7S. The van der Waals surface area contributed by atoms with Crippen LogP contribution in [0.4, 0.5) is 11.6 Å². The largest absolute Gasteiger partial charge is 0.463 e. The molecule has 0 radical (unpaired) electrons. The van der Waals surface area contributed by atoms with Crippen LogP contribution in [0.3, 0.4) is 0 Å². The number of carbonyl (C=O) groups is 3. The molecule has 0 spiro atoms. The van der Waals surface area contributed by atoms with Crippen LogP contribution in [0.2, 0.25) is 5.02 Å². The number of allylic oxidation sites excluding steroid dienone is 1. The smallest absolute Gasteiger partial charge is 0.311 e. The Morgan fingerprint density at radius 1 is 1.07 bits per heavy atom. The zero-order valence-corrected chi connectivity index (χ0v) is 28.2. The van der Waals surface area contributed by atoms with Gasteiger partial charge in [-0.15, -0.1) is 0 Å². The Bertz CT molecular complexity index is 1650. The lowest BCUT2D eigenvalue weighted by Gasteiger charge is -2.29. The van der Waals surface area contributed by atoms with E-state index in [9.17, 15) is 22.8 Å². The molecule has 3 N–H and O–H groups in total. The Labute approximate surface area is 273 Å². The van der Waals surface area contributed by atoms with E-state index in [4.69, 9.17) is 20.9 Å². The van der Waals surface area contributed by atoms with Crippen molar-refractivity contribution in [3.63, 3.8) is 0 Å². The molecule has 0 saturated carbocycles. The normalized spacial score (nSPS) is 12.9. The van der Waals surface area contributed by atoms with Gasteiger partial charge < -0.3 is 24.8 Å². The quantitative estimate of drug-likeness (QED) is 0.212. The number of rotatable bonds is 14. The number of amides is 2. The average Bonchev–Trinajstić information content (AvgIpc) is 3.47. The molecule has 0 aliphatic rings. The number of esters is 1. The molecular weight excluding hydrogens is 636 g/mol. The minimum absolute atomic E-state index is 0.161. The molecule has 3 rings (SSSR count). The molecule has 2 aromatic carbocycles. The van der Waals surface area contributed by atoms with Crippen molar-refractivity contribution in [2.75, 3.05) is 19.0 Å². The SMILES string of the molecule is C=C(C)c1nc(Nc2ccc(CNC(=O)[C@H](C)N(C)C(=O)[C@@H](COC(=O)C(C)(C)C)NS(=O)(=O)Cc3ccc(Cl)cc3)cc2)no1. The highest BCUT2D eigenvalue weighted by Gasteiger charge is 2.34. The summed E-state index contributed by atoms with van der Waals surface area (Å²) in [5, 5.41) is 10.1. The van der Waals surface area contributed by atoms with E-state index in [0.29, 0.717) is 27.7 Å². The molecule has 46 heavy (non-hydrogen) atoms. The summed E-state index contributed by atoms with van der Waals surface area (Å²) in [6, 6.07) is 10.9. The number of carbonyl (C=O) groups excluding carboxylic acids is 3. The maximum absolute atomic E-state index is 13.5. The fraction of sp³-hybridized carbons (Fsp3) is 0.387. The number of ether oxygens (including phenoxy) is 1. The molecule has 0 aliphatic heterocycles. The van der Waals surface area contributed by atoms with E-state index in [0.717, 1.165) is 10.5 Å². The van der Waals surface area contributed by atoms with Crippen molar-refractivity contribution in [2.24, 2.45) is 5.41 Å². The first-order chi connectivity index (χ1) is 21.4. The minimum atomic E-state index is -4.08. The number of halogens is 1. The molecule has 0 bridgehead atoms. The second-order valence-electron chi connectivity index (χ2n) is 11.8. The van der Waals surface area contributed by atoms with Gasteiger partial charge in [0, 0.05) is 29.9 Å². The van der Waals surface area contributed by atoms with Gasteiger partial charge in [-0.05, 0) is 75.2 Å². The molecule has 1 heterocycles. The fourth-order valence-corrected chi connectivity index (χ4v) is 5.26. The predicted octanol–water partition coefficient (Wildman–Crippen LogP) is 4.04. The fourth-order valence-electron chi connectivity index (χ4n) is 3.82. The summed E-state index contributed by atoms with van der Waals surface area (Å²) >= 11 is 5.90. The Hall–Kier alpha value is -4.27. The lowest BCUT2D eigenvalue weighted by atomic mass is 9.97. The van der Waals surface area contributed by atoms with Crippen molar-refractivity contribution >= 4 is 56.6 Å². The zero-order valence-electron chi connectivity index (χ0n) is 26.6. The van der Waals surface area contributed by atoms with E-state index in [-0.39, 0.29) is 12.5 Å². The number of anilines is 2. The van der Waals surface area contributed by atoms with Crippen LogP contribution in [-0.4, -0.2) is 67.0 Å². The van der Waals surface area contributed by atoms with Crippen LogP contribution in [-0.2, 0) is 41.4 Å². The zero-order chi connectivity index (χ0) is 34.2. The van der Waals surface area contributed by atoms with Crippen LogP contribution in [0.5, 0.6) is 0 Å². The standard InChI is InChI=1S/C31H39ClN6O7S/c1-19(2)27-35-30(36-45-27)34-24-14-10-21(11-15-24)16-33-26(39)20(3)38(7)28(40)25(17-44-29(41)31(4,5)6)37-46(42,43)18-22-8-12-23(32)13-9-22/h8-15,20,25,37H,1,16-18H2,2-7H3,(H,33,39)(H,34,36)/t20-,25+/m0/s1. The Morgan fingerprint density at radius 3 is 2.24 bits per heavy atom. The van der Waals surface area contributed by atoms with Crippen LogP contribution in [0.15, 0.2) is 59.6 Å². The number of likely N-dealkylation sites (N-methyl/N-ethyl adjacent to an activating group) is 1. The van der Waals surface area contributed by atoms with Crippen molar-refractivity contribution in [2.45, 2.75) is 59.0 Å². The number of nitrogens with zero attached hydrogens (tertiary/aromatic N) is 3. The summed E-state index contributed by atoms with van der Waals surface area (Å²) in [6.45, 7) is 11.5. The number of hydrogen-bond donors (Lipinski definition) is 3. The van der Waals surface area contributed by atoms with Gasteiger partial charge in [-0.2, -0.15) is 9.71 Å². The highest BCUT2D eigenvalue weighted by Crippen LogP contribution is 2.18. The van der Waals surface area contributed by atoms with Gasteiger partial charge in [-0.25, -0.2) is 8.42 Å². The van der Waals surface area contributed by atoms with E-state index in [2.05, 4.69) is 32.1 Å². The maximum Gasteiger partial charge on any atom is 0.311 e. The van der Waals surface area contributed by atoms with Crippen LogP contribution in [0.1, 0.15) is 51.6 Å². The third-order valence-electron chi connectivity index (χ3n) is 6.66. The van der Waals surface area contributed by atoms with Crippen molar-refractivity contribution in [1.29, 1.82) is 0 Å². The molecule has 3 aromatic rings. The molecule has 1 aromatic heterocycles. The van der Waals surface area contributed by atoms with Crippen molar-refractivity contribution in [1.82, 2.24) is 25.1 Å². The Morgan fingerprint density at radius 2 is 1.67 bits per heavy atom. The first-order valence-electron chi connectivity index (χ1n) is 14.3. The Kier molecular flexibility index (Phi) is 12.1. The van der Waals surface area contributed by atoms with E-state index >= 15 is 0 Å². The van der Waals surface area contributed by atoms with Gasteiger partial charge in [-0.3, -0.25) is 14.4 Å². The molecule has 248 valence electrons. The summed E-state index contributed by atoms with van der Waals surface area (Å²) < 4.78 is 38.8. The van der Waals surface area contributed by atoms with Crippen LogP contribution < -0.4 is 15.4 Å². The molecule has 2 atom stereocenters. The average molecular weight is 675 g/mol. The summed E-state index contributed by atoms with van der Waals surface area (Å²) in [7, 11) is -2.71. The van der Waals surface area contributed by atoms with Gasteiger partial charge in [0.25, 0.3) is 11.8 Å². The number of hydrogen-bond acceptors (Lipinski definition) is 10. The molecule has 13 nitrogen and oxygen atoms in total. The molecule has 0 fully saturated rings. The first-order valence-corrected chi connectivity index (χ1v) is 16.3. The van der Waals surface area contributed by atoms with E-state index < -0.39 is 57.7 Å². The maximum atomic E-state index is 13.5. The van der Waals surface area contributed by atoms with Gasteiger partial charge in [0.15, 0.2) is 0 Å². The van der Waals surface area contributed by atoms with E-state index in [1.54, 1.807) is 76.2 Å². The Balaban J connectivity index is 1.63. The van der Waals surface area contributed by atoms with E-state index in [1.807, 2.05) is 0 Å². The number of nitrogens with one attached hydrogen (secondary N) is 3. The molecule has 2 amide bonds. The minimum Gasteiger partial charge on any atom is -0.463 e. The molecule has 0 aliphatic carbocycles. The van der Waals surface area contributed by atoms with Crippen LogP contribution in [0.25, 0.3) is 5.57 Å². The summed E-state index contributed by atoms with van der Waals surface area (Å²) in [6.07, 6.45) is 0. The highest BCUT2D eigenvalue weighted by atomic mass is 35.5. The van der Waals surface area contributed by atoms with Crippen molar-refractivity contribution in [3.05, 3.63) is 77.2 Å². The van der Waals surface area contributed by atoms with Gasteiger partial charge in [0.1, 0.15) is 18.7 Å². The number of sulfonamides is 1. The monoisotopic (exact) mass is 674 g/mol. The van der Waals surface area contributed by atoms with Gasteiger partial charge in [0.2, 0.25) is 21.8 Å². The number of aromatic nitrogens is 2. The van der Waals surface area contributed by atoms with Gasteiger partial charge >= 0.3 is 5.97 Å². The van der Waals surface area contributed by atoms with Crippen LogP contribution >= 0.6 is 11.6 Å². The lowest BCUT2D eigenvalue weighted by molar-refractivity contribution is -0.155. The van der Waals surface area contributed by atoms with Crippen LogP contribution in [0, 0.1) is 5.41 Å². The molecule has 0 unspecified atom stereocenters. The topological polar surface area (TPSA) is 173 Å². The second kappa shape index (κ2) is 15.3. The summed E-state index contributed by atoms with van der Waals surface area (Å²) in [5.41, 5.74) is 1.66. The molecule has 15 heteroatoms. The van der Waals surface area contributed by atoms with Gasteiger partial charge in [-0.1, -0.05) is 42.4 Å². The van der Waals surface area contributed by atoms with Crippen molar-refractivity contribution < 1.29 is 32.1 Å². The van der Waals surface area contributed by atoms with E-state index in [1.165, 1.54) is 14.0 Å². The number of benzene rings is 2. The third kappa shape index (κ3) is 10.7. The lowest BCUT2D eigenvalue weighted by Crippen LogP contribution is -2.55. The van der Waals surface area contributed by atoms with Crippen molar-refractivity contribution in [3.8, 4) is 0 Å². The summed E-state index contributed by atoms with van der Waals surface area (Å²) in [5.74, 6) is -1.70. The predicted molar refractivity (Wildman–Crippen MR) is 174 cm³/mol. The van der Waals surface area contributed by atoms with Gasteiger partial charge in [0.05, 0.1) is 11.2 Å². The highest BCUT2D eigenvalue weighted by molar-refractivity contribution is 7.88. The second-order valence-corrected chi connectivity index (χ2v) is 14.0. The first kappa shape index (κ1) is 36.2.